The van der Waals surface area contributed by atoms with Crippen molar-refractivity contribution in [3.8, 4) is 11.4 Å². The zero-order valence-electron chi connectivity index (χ0n) is 15.5. The Morgan fingerprint density at radius 3 is 2.40 bits per heavy atom. The lowest BCUT2D eigenvalue weighted by Gasteiger charge is -2.11. The highest BCUT2D eigenvalue weighted by molar-refractivity contribution is 6.04. The van der Waals surface area contributed by atoms with E-state index in [1.54, 1.807) is 25.1 Å². The molecule has 0 bridgehead atoms. The summed E-state index contributed by atoms with van der Waals surface area (Å²) in [4.78, 5) is 17.5. The van der Waals surface area contributed by atoms with E-state index >= 15 is 0 Å². The van der Waals surface area contributed by atoms with Gasteiger partial charge in [0.05, 0.1) is 16.6 Å². The summed E-state index contributed by atoms with van der Waals surface area (Å²) in [5.41, 5.74) is 0.566. The normalized spacial score (nSPS) is 11.8. The molecular formula is C22H13F5N2O. The van der Waals surface area contributed by atoms with Crippen molar-refractivity contribution < 1.29 is 26.7 Å². The zero-order chi connectivity index (χ0) is 21.6. The van der Waals surface area contributed by atoms with Gasteiger partial charge in [-0.1, -0.05) is 18.2 Å². The molecule has 0 radical (unpaired) electrons. The first-order valence-electron chi connectivity index (χ1n) is 8.81. The molecule has 8 heteroatoms. The minimum Gasteiger partial charge on any atom is -0.268 e. The van der Waals surface area contributed by atoms with Crippen LogP contribution in [0.3, 0.4) is 0 Å². The number of nitrogens with zero attached hydrogens (tertiary/aromatic N) is 2. The molecule has 0 saturated heterocycles. The highest BCUT2D eigenvalue weighted by atomic mass is 19.4. The fourth-order valence-electron chi connectivity index (χ4n) is 3.18. The quantitative estimate of drug-likeness (QED) is 0.376. The third-order valence-electron chi connectivity index (χ3n) is 4.63. The number of carbonyl (C=O) groups is 1. The number of alkyl halides is 3. The molecule has 0 amide bonds. The fraction of sp³-hybridized carbons (Fsp3) is 0.0909. The van der Waals surface area contributed by atoms with Crippen LogP contribution < -0.4 is 0 Å². The van der Waals surface area contributed by atoms with Crippen LogP contribution in [-0.2, 0) is 6.18 Å². The van der Waals surface area contributed by atoms with E-state index in [2.05, 4.69) is 4.98 Å². The maximum Gasteiger partial charge on any atom is 0.416 e. The van der Waals surface area contributed by atoms with Crippen molar-refractivity contribution in [1.29, 1.82) is 0 Å². The van der Waals surface area contributed by atoms with E-state index in [0.717, 1.165) is 40.5 Å². The molecule has 3 aromatic carbocycles. The third kappa shape index (κ3) is 3.45. The fourth-order valence-corrected chi connectivity index (χ4v) is 3.18. The summed E-state index contributed by atoms with van der Waals surface area (Å²) < 4.78 is 67.6. The molecule has 0 unspecified atom stereocenters. The average molecular weight is 416 g/mol. The first kappa shape index (κ1) is 19.8. The zero-order valence-corrected chi connectivity index (χ0v) is 15.5. The topological polar surface area (TPSA) is 34.9 Å². The molecule has 0 fully saturated rings. The summed E-state index contributed by atoms with van der Waals surface area (Å²) >= 11 is 0. The molecule has 152 valence electrons. The standard InChI is InChI=1S/C22H13F5N2O/c1-12-5-8-19-18(9-12)28-20(13-3-2-4-15(10-13)22(25,26)27)29(19)21(30)14-6-7-16(23)17(24)11-14/h2-11H,1H3. The smallest absolute Gasteiger partial charge is 0.268 e. The molecule has 1 heterocycles. The van der Waals surface area contributed by atoms with Crippen molar-refractivity contribution in [2.45, 2.75) is 13.1 Å². The van der Waals surface area contributed by atoms with Gasteiger partial charge < -0.3 is 0 Å². The van der Waals surface area contributed by atoms with Crippen molar-refractivity contribution in [3.63, 3.8) is 0 Å². The molecule has 4 rings (SSSR count). The summed E-state index contributed by atoms with van der Waals surface area (Å²) in [6, 6.07) is 12.1. The van der Waals surface area contributed by atoms with Gasteiger partial charge >= 0.3 is 6.18 Å². The number of fused-ring (bicyclic) bond motifs is 1. The van der Waals surface area contributed by atoms with Crippen LogP contribution in [0.1, 0.15) is 21.5 Å². The maximum atomic E-state index is 13.7. The molecule has 1 aromatic heterocycles. The lowest BCUT2D eigenvalue weighted by atomic mass is 10.1. The molecule has 0 atom stereocenters. The van der Waals surface area contributed by atoms with Crippen LogP contribution in [0.15, 0.2) is 60.7 Å². The molecule has 4 aromatic rings. The number of halogens is 5. The van der Waals surface area contributed by atoms with Gasteiger partial charge in [-0.15, -0.1) is 0 Å². The van der Waals surface area contributed by atoms with Crippen LogP contribution >= 0.6 is 0 Å². The van der Waals surface area contributed by atoms with Crippen LogP contribution in [0.5, 0.6) is 0 Å². The highest BCUT2D eigenvalue weighted by Gasteiger charge is 2.31. The number of imidazole rings is 1. The Kier molecular flexibility index (Phi) is 4.64. The number of carbonyl (C=O) groups excluding carboxylic acids is 1. The van der Waals surface area contributed by atoms with Crippen molar-refractivity contribution in [1.82, 2.24) is 9.55 Å². The molecule has 0 aliphatic heterocycles. The molecule has 3 nitrogen and oxygen atoms in total. The van der Waals surface area contributed by atoms with Gasteiger partial charge in [-0.25, -0.2) is 13.8 Å². The second-order valence-electron chi connectivity index (χ2n) is 6.78. The number of aromatic nitrogens is 2. The van der Waals surface area contributed by atoms with Gasteiger partial charge in [0.1, 0.15) is 5.82 Å². The molecule has 30 heavy (non-hydrogen) atoms. The van der Waals surface area contributed by atoms with E-state index in [0.29, 0.717) is 11.0 Å². The Balaban J connectivity index is 1.97. The van der Waals surface area contributed by atoms with Crippen molar-refractivity contribution in [2.75, 3.05) is 0 Å². The van der Waals surface area contributed by atoms with E-state index in [1.807, 2.05) is 0 Å². The minimum absolute atomic E-state index is 0.0311. The molecule has 0 N–H and O–H groups in total. The van der Waals surface area contributed by atoms with Crippen molar-refractivity contribution in [3.05, 3.63) is 89.0 Å². The van der Waals surface area contributed by atoms with Crippen molar-refractivity contribution in [2.24, 2.45) is 0 Å². The average Bonchev–Trinajstić information content (AvgIpc) is 3.07. The Bertz CT molecular complexity index is 1290. The van der Waals surface area contributed by atoms with Crippen LogP contribution in [0.25, 0.3) is 22.4 Å². The summed E-state index contributed by atoms with van der Waals surface area (Å²) in [6.07, 6.45) is -4.58. The van der Waals surface area contributed by atoms with Gasteiger partial charge in [0.25, 0.3) is 5.91 Å². The van der Waals surface area contributed by atoms with Gasteiger partial charge in [-0.2, -0.15) is 13.2 Å². The monoisotopic (exact) mass is 416 g/mol. The van der Waals surface area contributed by atoms with Gasteiger partial charge in [0.2, 0.25) is 0 Å². The molecule has 0 aliphatic carbocycles. The Labute approximate surface area is 167 Å². The SMILES string of the molecule is Cc1ccc2c(c1)nc(-c1cccc(C(F)(F)F)c1)n2C(=O)c1ccc(F)c(F)c1. The first-order valence-corrected chi connectivity index (χ1v) is 8.81. The summed E-state index contributed by atoms with van der Waals surface area (Å²) in [5, 5.41) is 0. The minimum atomic E-state index is -4.58. The molecule has 0 saturated carbocycles. The summed E-state index contributed by atoms with van der Waals surface area (Å²) in [6.45, 7) is 1.81. The highest BCUT2D eigenvalue weighted by Crippen LogP contribution is 2.33. The number of rotatable bonds is 2. The second-order valence-corrected chi connectivity index (χ2v) is 6.78. The summed E-state index contributed by atoms with van der Waals surface area (Å²) in [7, 11) is 0. The second kappa shape index (κ2) is 7.05. The Morgan fingerprint density at radius 2 is 1.70 bits per heavy atom. The Morgan fingerprint density at radius 1 is 0.933 bits per heavy atom. The number of aryl methyl sites for hydroxylation is 1. The number of benzene rings is 3. The van der Waals surface area contributed by atoms with Crippen molar-refractivity contribution >= 4 is 16.9 Å². The van der Waals surface area contributed by atoms with Crippen LogP contribution in [0, 0.1) is 18.6 Å². The van der Waals surface area contributed by atoms with Crippen LogP contribution in [0.2, 0.25) is 0 Å². The lowest BCUT2D eigenvalue weighted by molar-refractivity contribution is -0.137. The van der Waals surface area contributed by atoms with E-state index < -0.39 is 29.3 Å². The van der Waals surface area contributed by atoms with E-state index in [1.165, 1.54) is 12.1 Å². The van der Waals surface area contributed by atoms with Crippen LogP contribution in [-0.4, -0.2) is 15.5 Å². The maximum absolute atomic E-state index is 13.7. The number of hydrogen-bond donors (Lipinski definition) is 0. The Hall–Kier alpha value is -3.55. The largest absolute Gasteiger partial charge is 0.416 e. The summed E-state index contributed by atoms with van der Waals surface area (Å²) in [5.74, 6) is -3.10. The molecule has 0 spiro atoms. The van der Waals surface area contributed by atoms with Crippen LogP contribution in [0.4, 0.5) is 22.0 Å². The predicted molar refractivity (Wildman–Crippen MR) is 101 cm³/mol. The van der Waals surface area contributed by atoms with Gasteiger partial charge in [-0.05, 0) is 55.0 Å². The van der Waals surface area contributed by atoms with Gasteiger partial charge in [0, 0.05) is 11.1 Å². The van der Waals surface area contributed by atoms with E-state index in [-0.39, 0.29) is 17.0 Å². The lowest BCUT2D eigenvalue weighted by Crippen LogP contribution is -2.14. The molecular weight excluding hydrogens is 403 g/mol. The predicted octanol–water partition coefficient (Wildman–Crippen LogP) is 6.00. The number of hydrogen-bond acceptors (Lipinski definition) is 2. The van der Waals surface area contributed by atoms with E-state index in [9.17, 15) is 26.7 Å². The van der Waals surface area contributed by atoms with Gasteiger partial charge in [-0.3, -0.25) is 9.36 Å². The third-order valence-corrected chi connectivity index (χ3v) is 4.63. The van der Waals surface area contributed by atoms with E-state index in [4.69, 9.17) is 0 Å². The van der Waals surface area contributed by atoms with Gasteiger partial charge in [0.15, 0.2) is 11.6 Å². The first-order chi connectivity index (χ1) is 14.1. The molecule has 0 aliphatic rings.